The van der Waals surface area contributed by atoms with E-state index in [4.69, 9.17) is 9.73 Å². The van der Waals surface area contributed by atoms with E-state index in [0.717, 1.165) is 77.0 Å². The molecule has 3 heterocycles. The number of fused-ring (bicyclic) bond motifs is 1. The molecule has 2 fully saturated rings. The largest absolute Gasteiger partial charge is 0.379 e. The van der Waals surface area contributed by atoms with Gasteiger partial charge in [-0.15, -0.1) is 0 Å². The lowest BCUT2D eigenvalue weighted by Gasteiger charge is -2.32. The van der Waals surface area contributed by atoms with Crippen LogP contribution in [0.15, 0.2) is 29.3 Å². The number of anilines is 1. The lowest BCUT2D eigenvalue weighted by Crippen LogP contribution is -2.46. The number of guanidine groups is 1. The number of nitrogens with one attached hydrogen (secondary N) is 1. The second kappa shape index (κ2) is 10.3. The smallest absolute Gasteiger partial charge is 0.227 e. The Balaban J connectivity index is 1.26. The minimum Gasteiger partial charge on any atom is -0.379 e. The van der Waals surface area contributed by atoms with Crippen LogP contribution in [-0.4, -0.2) is 86.7 Å². The Bertz CT molecular complexity index is 747. The second-order valence-electron chi connectivity index (χ2n) is 8.30. The number of carbonyl (C=O) groups excluding carboxylic acids is 1. The molecule has 30 heavy (non-hydrogen) atoms. The van der Waals surface area contributed by atoms with E-state index in [1.165, 1.54) is 12.0 Å². The third-order valence-corrected chi connectivity index (χ3v) is 6.36. The molecule has 1 atom stereocenters. The van der Waals surface area contributed by atoms with Crippen molar-refractivity contribution < 1.29 is 9.53 Å². The van der Waals surface area contributed by atoms with Crippen LogP contribution in [0, 0.1) is 0 Å². The van der Waals surface area contributed by atoms with E-state index in [-0.39, 0.29) is 5.91 Å². The topological polar surface area (TPSA) is 60.4 Å². The number of carbonyl (C=O) groups is 1. The van der Waals surface area contributed by atoms with E-state index >= 15 is 0 Å². The average molecular weight is 414 g/mol. The van der Waals surface area contributed by atoms with Gasteiger partial charge in [-0.3, -0.25) is 14.7 Å². The molecule has 3 aliphatic heterocycles. The molecular weight excluding hydrogens is 378 g/mol. The average Bonchev–Trinajstić information content (AvgIpc) is 3.44. The molecule has 0 aromatic heterocycles. The Morgan fingerprint density at radius 3 is 2.87 bits per heavy atom. The van der Waals surface area contributed by atoms with Gasteiger partial charge < -0.3 is 19.9 Å². The number of morpholine rings is 1. The van der Waals surface area contributed by atoms with E-state index in [1.54, 1.807) is 0 Å². The highest BCUT2D eigenvalue weighted by molar-refractivity contribution is 5.95. The molecule has 0 aliphatic carbocycles. The molecule has 4 rings (SSSR count). The zero-order valence-electron chi connectivity index (χ0n) is 18.2. The molecule has 1 N–H and O–H groups in total. The third-order valence-electron chi connectivity index (χ3n) is 6.36. The molecule has 0 spiro atoms. The van der Waals surface area contributed by atoms with Crippen molar-refractivity contribution in [2.75, 3.05) is 63.9 Å². The summed E-state index contributed by atoms with van der Waals surface area (Å²) < 4.78 is 5.49. The highest BCUT2D eigenvalue weighted by Gasteiger charge is 2.30. The summed E-state index contributed by atoms with van der Waals surface area (Å²) in [5.41, 5.74) is 2.37. The van der Waals surface area contributed by atoms with Crippen LogP contribution in [0.3, 0.4) is 0 Å². The summed E-state index contributed by atoms with van der Waals surface area (Å²) in [7, 11) is 0. The van der Waals surface area contributed by atoms with E-state index in [2.05, 4.69) is 34.2 Å². The van der Waals surface area contributed by atoms with Gasteiger partial charge in [0.1, 0.15) is 0 Å². The summed E-state index contributed by atoms with van der Waals surface area (Å²) in [5, 5.41) is 3.44. The summed E-state index contributed by atoms with van der Waals surface area (Å²) in [6, 6.07) is 8.83. The maximum Gasteiger partial charge on any atom is 0.227 e. The first-order valence-electron chi connectivity index (χ1n) is 11.5. The number of likely N-dealkylation sites (tertiary alicyclic amines) is 1. The molecular formula is C23H35N5O2. The maximum atomic E-state index is 12.7. The number of hydrogen-bond donors (Lipinski definition) is 1. The standard InChI is InChI=1S/C23H35N5O2/c1-2-24-23(27-12-10-20(18-27)26-14-16-30-17-15-26)25-11-5-8-22(29)28-13-9-19-6-3-4-7-21(19)28/h3-4,6-7,20H,2,5,8-18H2,1H3,(H,24,25). The first-order chi connectivity index (χ1) is 14.8. The normalized spacial score (nSPS) is 22.4. The van der Waals surface area contributed by atoms with Gasteiger partial charge >= 0.3 is 0 Å². The highest BCUT2D eigenvalue weighted by atomic mass is 16.5. The van der Waals surface area contributed by atoms with Crippen molar-refractivity contribution in [1.29, 1.82) is 0 Å². The first-order valence-corrected chi connectivity index (χ1v) is 11.5. The van der Waals surface area contributed by atoms with Gasteiger partial charge in [-0.05, 0) is 37.8 Å². The van der Waals surface area contributed by atoms with Gasteiger partial charge in [-0.2, -0.15) is 0 Å². The monoisotopic (exact) mass is 413 g/mol. The molecule has 1 unspecified atom stereocenters. The zero-order valence-corrected chi connectivity index (χ0v) is 18.2. The molecule has 3 aliphatic rings. The number of amides is 1. The predicted molar refractivity (Wildman–Crippen MR) is 120 cm³/mol. The Hall–Kier alpha value is -2.12. The molecule has 164 valence electrons. The van der Waals surface area contributed by atoms with Crippen LogP contribution in [0.5, 0.6) is 0 Å². The van der Waals surface area contributed by atoms with Crippen LogP contribution in [0.4, 0.5) is 5.69 Å². The molecule has 7 nitrogen and oxygen atoms in total. The first kappa shape index (κ1) is 21.1. The summed E-state index contributed by atoms with van der Waals surface area (Å²) in [5.74, 6) is 1.21. The van der Waals surface area contributed by atoms with Gasteiger partial charge in [0.2, 0.25) is 5.91 Å². The number of rotatable bonds is 6. The Kier molecular flexibility index (Phi) is 7.23. The zero-order chi connectivity index (χ0) is 20.8. The summed E-state index contributed by atoms with van der Waals surface area (Å²) in [6.45, 7) is 10.3. The summed E-state index contributed by atoms with van der Waals surface area (Å²) in [4.78, 5) is 24.4. The lowest BCUT2D eigenvalue weighted by molar-refractivity contribution is -0.118. The van der Waals surface area contributed by atoms with E-state index in [1.807, 2.05) is 17.0 Å². The number of ether oxygens (including phenoxy) is 1. The van der Waals surface area contributed by atoms with Crippen LogP contribution in [0.2, 0.25) is 0 Å². The maximum absolute atomic E-state index is 12.7. The number of hydrogen-bond acceptors (Lipinski definition) is 4. The second-order valence-corrected chi connectivity index (χ2v) is 8.30. The van der Waals surface area contributed by atoms with Crippen LogP contribution in [0.1, 0.15) is 31.7 Å². The van der Waals surface area contributed by atoms with Crippen molar-refractivity contribution in [3.63, 3.8) is 0 Å². The van der Waals surface area contributed by atoms with E-state index in [0.29, 0.717) is 19.0 Å². The highest BCUT2D eigenvalue weighted by Crippen LogP contribution is 2.28. The van der Waals surface area contributed by atoms with Gasteiger partial charge in [-0.25, -0.2) is 0 Å². The third kappa shape index (κ3) is 4.95. The predicted octanol–water partition coefficient (Wildman–Crippen LogP) is 1.73. The van der Waals surface area contributed by atoms with Crippen molar-refractivity contribution in [1.82, 2.24) is 15.1 Å². The fourth-order valence-electron chi connectivity index (χ4n) is 4.75. The van der Waals surface area contributed by atoms with E-state index < -0.39 is 0 Å². The lowest BCUT2D eigenvalue weighted by atomic mass is 10.2. The number of aliphatic imine (C=N–C) groups is 1. The molecule has 0 saturated carbocycles. The van der Waals surface area contributed by atoms with Crippen molar-refractivity contribution in [3.05, 3.63) is 29.8 Å². The Morgan fingerprint density at radius 2 is 2.03 bits per heavy atom. The molecule has 0 radical (unpaired) electrons. The Morgan fingerprint density at radius 1 is 1.20 bits per heavy atom. The van der Waals surface area contributed by atoms with Crippen molar-refractivity contribution in [2.24, 2.45) is 4.99 Å². The fraction of sp³-hybridized carbons (Fsp3) is 0.652. The van der Waals surface area contributed by atoms with Crippen LogP contribution >= 0.6 is 0 Å². The van der Waals surface area contributed by atoms with Gasteiger partial charge in [0, 0.05) is 64.0 Å². The minimum atomic E-state index is 0.216. The number of para-hydroxylation sites is 1. The molecule has 1 aromatic carbocycles. The Labute approximate surface area is 180 Å². The van der Waals surface area contributed by atoms with Crippen molar-refractivity contribution in [3.8, 4) is 0 Å². The molecule has 1 amide bonds. The molecule has 7 heteroatoms. The summed E-state index contributed by atoms with van der Waals surface area (Å²) >= 11 is 0. The van der Waals surface area contributed by atoms with E-state index in [9.17, 15) is 4.79 Å². The quantitative estimate of drug-likeness (QED) is 0.437. The fourth-order valence-corrected chi connectivity index (χ4v) is 4.75. The van der Waals surface area contributed by atoms with Crippen molar-refractivity contribution in [2.45, 2.75) is 38.6 Å². The van der Waals surface area contributed by atoms with Gasteiger partial charge in [0.05, 0.1) is 13.2 Å². The summed E-state index contributed by atoms with van der Waals surface area (Å²) in [6.07, 6.45) is 3.47. The molecule has 1 aromatic rings. The van der Waals surface area contributed by atoms with Gasteiger partial charge in [0.25, 0.3) is 0 Å². The van der Waals surface area contributed by atoms with Gasteiger partial charge in [-0.1, -0.05) is 18.2 Å². The minimum absolute atomic E-state index is 0.216. The van der Waals surface area contributed by atoms with Crippen LogP contribution in [-0.2, 0) is 16.0 Å². The number of nitrogens with zero attached hydrogens (tertiary/aromatic N) is 4. The van der Waals surface area contributed by atoms with Crippen LogP contribution < -0.4 is 10.2 Å². The number of benzene rings is 1. The molecule has 0 bridgehead atoms. The molecule has 2 saturated heterocycles. The van der Waals surface area contributed by atoms with Crippen LogP contribution in [0.25, 0.3) is 0 Å². The SMILES string of the molecule is CCNC(=NCCCC(=O)N1CCc2ccccc21)N1CCC(N2CCOCC2)C1. The van der Waals surface area contributed by atoms with Crippen molar-refractivity contribution >= 4 is 17.6 Å². The van der Waals surface area contributed by atoms with Gasteiger partial charge in [0.15, 0.2) is 5.96 Å².